The maximum atomic E-state index is 11.2. The molecule has 5 nitrogen and oxygen atoms in total. The molecule has 1 saturated heterocycles. The van der Waals surface area contributed by atoms with Crippen molar-refractivity contribution in [2.75, 3.05) is 14.1 Å². The van der Waals surface area contributed by atoms with Crippen molar-refractivity contribution < 1.29 is 14.9 Å². The third-order valence-electron chi connectivity index (χ3n) is 10.6. The van der Waals surface area contributed by atoms with Crippen molar-refractivity contribution in [2.24, 2.45) is 11.3 Å². The molecule has 0 radical (unpaired) electrons. The van der Waals surface area contributed by atoms with E-state index < -0.39 is 17.8 Å². The number of hydrogen-bond donors (Lipinski definition) is 2. The van der Waals surface area contributed by atoms with Crippen LogP contribution in [0.3, 0.4) is 0 Å². The average molecular weight is 473 g/mol. The van der Waals surface area contributed by atoms with E-state index in [0.717, 1.165) is 37.7 Å². The molecule has 3 aliphatic carbocycles. The fraction of sp³-hybridized carbons (Fsp3) is 0.567. The van der Waals surface area contributed by atoms with Gasteiger partial charge in [0, 0.05) is 23.8 Å². The topological polar surface area (TPSA) is 65.8 Å². The first-order valence-corrected chi connectivity index (χ1v) is 13.3. The van der Waals surface area contributed by atoms with Gasteiger partial charge >= 0.3 is 0 Å². The van der Waals surface area contributed by atoms with Crippen LogP contribution >= 0.6 is 0 Å². The Kier molecular flexibility index (Phi) is 4.60. The normalized spacial score (nSPS) is 44.0. The fourth-order valence-electron chi connectivity index (χ4n) is 8.79. The second kappa shape index (κ2) is 7.25. The van der Waals surface area contributed by atoms with Crippen molar-refractivity contribution in [1.29, 1.82) is 0 Å². The lowest BCUT2D eigenvalue weighted by atomic mass is 9.58. The number of likely N-dealkylation sites (N-methyl/N-ethyl adjacent to an activating group) is 1. The minimum atomic E-state index is -0.871. The summed E-state index contributed by atoms with van der Waals surface area (Å²) in [4.78, 5) is 6.40. The molecule has 8 atom stereocenters. The van der Waals surface area contributed by atoms with Crippen molar-refractivity contribution in [1.82, 2.24) is 9.88 Å². The molecule has 3 heterocycles. The first-order valence-electron chi connectivity index (χ1n) is 13.3. The summed E-state index contributed by atoms with van der Waals surface area (Å²) < 4.78 is 7.27. The third kappa shape index (κ3) is 2.81. The van der Waals surface area contributed by atoms with E-state index >= 15 is 0 Å². The highest BCUT2D eigenvalue weighted by Crippen LogP contribution is 2.69. The molecule has 5 aliphatic rings. The largest absolute Gasteiger partial charge is 0.388 e. The zero-order chi connectivity index (χ0) is 24.2. The number of nitrogens with zero attached hydrogens (tertiary/aromatic N) is 2. The Bertz CT molecular complexity index is 1270. The molecule has 2 aromatic rings. The molecule has 1 aromatic heterocycles. The monoisotopic (exact) mass is 472 g/mol. The van der Waals surface area contributed by atoms with Crippen LogP contribution in [-0.2, 0) is 4.74 Å². The average Bonchev–Trinajstić information content (AvgIpc) is 3.37. The highest BCUT2D eigenvalue weighted by atomic mass is 16.5. The summed E-state index contributed by atoms with van der Waals surface area (Å²) in [5.74, 6) is 0.937. The molecule has 2 N–H and O–H groups in total. The van der Waals surface area contributed by atoms with E-state index in [0.29, 0.717) is 11.8 Å². The first kappa shape index (κ1) is 22.2. The predicted octanol–water partition coefficient (Wildman–Crippen LogP) is 4.35. The number of aliphatic hydroxyl groups excluding tert-OH is 2. The van der Waals surface area contributed by atoms with E-state index in [1.165, 1.54) is 28.3 Å². The van der Waals surface area contributed by atoms with Crippen LogP contribution in [0.2, 0.25) is 0 Å². The quantitative estimate of drug-likeness (QED) is 0.680. The van der Waals surface area contributed by atoms with Crippen LogP contribution < -0.4 is 0 Å². The SMILES string of the molecule is CN(C)[C@H]1C[C@@]23CCC4(O2)C(=CC[C@]2(C)[C@@H](c5ccc6ccncc6c5)CC[C@@H]42)C=C3[C@@H](O)C1O. The van der Waals surface area contributed by atoms with Gasteiger partial charge < -0.3 is 19.8 Å². The third-order valence-corrected chi connectivity index (χ3v) is 10.6. The lowest BCUT2D eigenvalue weighted by Crippen LogP contribution is -2.61. The molecule has 3 fully saturated rings. The van der Waals surface area contributed by atoms with Crippen LogP contribution in [0.5, 0.6) is 0 Å². The van der Waals surface area contributed by atoms with Gasteiger partial charge in [-0.15, -0.1) is 0 Å². The van der Waals surface area contributed by atoms with Crippen LogP contribution in [0.1, 0.15) is 56.9 Å². The van der Waals surface area contributed by atoms with E-state index in [-0.39, 0.29) is 17.1 Å². The first-order chi connectivity index (χ1) is 16.8. The van der Waals surface area contributed by atoms with Gasteiger partial charge in [0.2, 0.25) is 0 Å². The second-order valence-corrected chi connectivity index (χ2v) is 12.3. The Morgan fingerprint density at radius 3 is 2.77 bits per heavy atom. The van der Waals surface area contributed by atoms with Crippen LogP contribution in [0.25, 0.3) is 10.8 Å². The molecule has 2 bridgehead atoms. The molecule has 0 amide bonds. The van der Waals surface area contributed by atoms with Gasteiger partial charge in [-0.2, -0.15) is 0 Å². The number of ether oxygens (including phenoxy) is 1. The van der Waals surface area contributed by atoms with Gasteiger partial charge in [-0.25, -0.2) is 0 Å². The summed E-state index contributed by atoms with van der Waals surface area (Å²) in [5.41, 5.74) is 2.97. The maximum Gasteiger partial charge on any atom is 0.105 e. The molecule has 2 unspecified atom stereocenters. The molecule has 2 saturated carbocycles. The summed E-state index contributed by atoms with van der Waals surface area (Å²) in [6.45, 7) is 2.49. The van der Waals surface area contributed by atoms with E-state index in [9.17, 15) is 10.2 Å². The lowest BCUT2D eigenvalue weighted by Gasteiger charge is -2.56. The molecule has 2 aliphatic heterocycles. The molecule has 5 heteroatoms. The van der Waals surface area contributed by atoms with Gasteiger partial charge in [0.15, 0.2) is 0 Å². The highest BCUT2D eigenvalue weighted by Gasteiger charge is 2.68. The number of allylic oxidation sites excluding steroid dienone is 1. The standard InChI is InChI=1S/C30H36N2O3/c1-28-10-8-21-15-23-26(33)27(34)24(32(2)3)16-29(23)11-12-30(21,35-29)25(28)7-6-22(28)19-5-4-18-9-13-31-17-20(18)14-19/h4-5,8-9,13-15,17,22,24-27,33-34H,6-7,10-12,16H2,1-3H3/t22-,24+,25-,26-,27?,28-,29-,30?/m1/s1. The Morgan fingerprint density at radius 2 is 1.94 bits per heavy atom. The number of fused-ring (bicyclic) bond motifs is 2. The van der Waals surface area contributed by atoms with Gasteiger partial charge in [0.1, 0.15) is 6.10 Å². The van der Waals surface area contributed by atoms with Crippen molar-refractivity contribution in [3.05, 3.63) is 65.5 Å². The van der Waals surface area contributed by atoms with Crippen LogP contribution in [-0.4, -0.2) is 63.6 Å². The number of aliphatic hydroxyl groups is 2. The summed E-state index contributed by atoms with van der Waals surface area (Å²) in [7, 11) is 3.98. The zero-order valence-electron chi connectivity index (χ0n) is 20.9. The van der Waals surface area contributed by atoms with E-state index in [4.69, 9.17) is 4.74 Å². The summed E-state index contributed by atoms with van der Waals surface area (Å²) in [6.07, 6.45) is 12.8. The van der Waals surface area contributed by atoms with Crippen molar-refractivity contribution >= 4 is 10.8 Å². The van der Waals surface area contributed by atoms with E-state index in [1.807, 2.05) is 31.4 Å². The van der Waals surface area contributed by atoms with Gasteiger partial charge in [-0.05, 0) is 104 Å². The number of hydrogen-bond acceptors (Lipinski definition) is 5. The van der Waals surface area contributed by atoms with Gasteiger partial charge in [0.25, 0.3) is 0 Å². The van der Waals surface area contributed by atoms with Gasteiger partial charge in [-0.1, -0.05) is 31.2 Å². The van der Waals surface area contributed by atoms with Crippen LogP contribution in [0.4, 0.5) is 0 Å². The Labute approximate surface area is 207 Å². The van der Waals surface area contributed by atoms with E-state index in [1.54, 1.807) is 0 Å². The van der Waals surface area contributed by atoms with Crippen LogP contribution in [0.15, 0.2) is 60.0 Å². The minimum absolute atomic E-state index is 0.111. The zero-order valence-corrected chi connectivity index (χ0v) is 20.9. The number of aromatic nitrogens is 1. The van der Waals surface area contributed by atoms with E-state index in [2.05, 4.69) is 48.3 Å². The molecule has 2 spiro atoms. The Hall–Kier alpha value is -2.05. The maximum absolute atomic E-state index is 11.2. The second-order valence-electron chi connectivity index (χ2n) is 12.3. The molecule has 35 heavy (non-hydrogen) atoms. The predicted molar refractivity (Wildman–Crippen MR) is 136 cm³/mol. The number of benzene rings is 1. The molecule has 7 rings (SSSR count). The van der Waals surface area contributed by atoms with Crippen LogP contribution in [0, 0.1) is 11.3 Å². The number of pyridine rings is 1. The molecular formula is C30H36N2O3. The van der Waals surface area contributed by atoms with Crippen molar-refractivity contribution in [2.45, 2.75) is 80.8 Å². The highest BCUT2D eigenvalue weighted by molar-refractivity contribution is 5.82. The Balaban J connectivity index is 1.29. The molecular weight excluding hydrogens is 436 g/mol. The van der Waals surface area contributed by atoms with Crippen molar-refractivity contribution in [3.63, 3.8) is 0 Å². The minimum Gasteiger partial charge on any atom is -0.388 e. The van der Waals surface area contributed by atoms with Crippen molar-refractivity contribution in [3.8, 4) is 0 Å². The lowest BCUT2D eigenvalue weighted by molar-refractivity contribution is -0.165. The summed E-state index contributed by atoms with van der Waals surface area (Å²) >= 11 is 0. The molecule has 1 aromatic carbocycles. The van der Waals surface area contributed by atoms with Gasteiger partial charge in [0.05, 0.1) is 17.3 Å². The summed E-state index contributed by atoms with van der Waals surface area (Å²) in [6, 6.07) is 8.90. The Morgan fingerprint density at radius 1 is 1.09 bits per heavy atom. The van der Waals surface area contributed by atoms with Gasteiger partial charge in [-0.3, -0.25) is 4.98 Å². The fourth-order valence-corrected chi connectivity index (χ4v) is 8.79. The number of rotatable bonds is 2. The smallest absolute Gasteiger partial charge is 0.105 e. The summed E-state index contributed by atoms with van der Waals surface area (Å²) in [5, 5.41) is 24.5. The molecule has 184 valence electrons.